The number of hydrogen-bond donors (Lipinski definition) is 3. The molecule has 1 aromatic heterocycles. The highest BCUT2D eigenvalue weighted by Crippen LogP contribution is 2.22. The summed E-state index contributed by atoms with van der Waals surface area (Å²) in [5, 5.41) is 9.26. The number of carbonyl (C=O) groups is 1. The molecule has 1 aromatic rings. The number of halogens is 1. The fraction of sp³-hybridized carbons (Fsp3) is 0.722. The Morgan fingerprint density at radius 3 is 2.54 bits per heavy atom. The minimum Gasteiger partial charge on any atom is -0.443 e. The average molecular weight is 479 g/mol. The van der Waals surface area contributed by atoms with Crippen molar-refractivity contribution in [1.82, 2.24) is 20.9 Å². The van der Waals surface area contributed by atoms with Crippen molar-refractivity contribution in [1.29, 1.82) is 0 Å². The van der Waals surface area contributed by atoms with Gasteiger partial charge in [-0.05, 0) is 20.3 Å². The van der Waals surface area contributed by atoms with Gasteiger partial charge in [-0.1, -0.05) is 27.7 Å². The normalized spacial score (nSPS) is 12.9. The van der Waals surface area contributed by atoms with Crippen molar-refractivity contribution in [2.24, 2.45) is 4.99 Å². The van der Waals surface area contributed by atoms with Gasteiger partial charge in [0.2, 0.25) is 11.8 Å². The number of amides is 1. The van der Waals surface area contributed by atoms with Crippen LogP contribution in [0, 0.1) is 0 Å². The van der Waals surface area contributed by atoms with Crippen LogP contribution in [-0.2, 0) is 16.8 Å². The predicted octanol–water partition coefficient (Wildman–Crippen LogP) is 2.95. The molecule has 7 nitrogen and oxygen atoms in total. The molecule has 0 bridgehead atoms. The van der Waals surface area contributed by atoms with Crippen molar-refractivity contribution in [2.75, 3.05) is 13.1 Å². The quantitative estimate of drug-likeness (QED) is 0.303. The Balaban J connectivity index is 0.00000625. The van der Waals surface area contributed by atoms with E-state index in [1.807, 2.05) is 20.8 Å². The van der Waals surface area contributed by atoms with Gasteiger partial charge in [0, 0.05) is 31.0 Å². The van der Waals surface area contributed by atoms with Crippen molar-refractivity contribution in [3.05, 3.63) is 17.8 Å². The fourth-order valence-electron chi connectivity index (χ4n) is 1.96. The first-order chi connectivity index (χ1) is 11.8. The third-order valence-electron chi connectivity index (χ3n) is 3.67. The van der Waals surface area contributed by atoms with Crippen molar-refractivity contribution in [2.45, 2.75) is 72.4 Å². The zero-order chi connectivity index (χ0) is 18.9. The number of hydrogen-bond acceptors (Lipinski definition) is 4. The first-order valence-corrected chi connectivity index (χ1v) is 9.03. The highest BCUT2D eigenvalue weighted by Gasteiger charge is 2.19. The van der Waals surface area contributed by atoms with E-state index in [1.54, 1.807) is 6.20 Å². The minimum atomic E-state index is -0.0687. The Hall–Kier alpha value is -1.32. The second-order valence-electron chi connectivity index (χ2n) is 7.12. The molecule has 0 fully saturated rings. The first kappa shape index (κ1) is 24.7. The maximum absolute atomic E-state index is 11.8. The maximum Gasteiger partial charge on any atom is 0.221 e. The third-order valence-corrected chi connectivity index (χ3v) is 3.67. The number of nitrogens with zero attached hydrogens (tertiary/aromatic N) is 2. The Bertz CT molecular complexity index is 566. The maximum atomic E-state index is 11.8. The molecule has 0 saturated carbocycles. The summed E-state index contributed by atoms with van der Waals surface area (Å²) in [4.78, 5) is 20.5. The highest BCUT2D eigenvalue weighted by atomic mass is 127. The van der Waals surface area contributed by atoms with E-state index in [4.69, 9.17) is 4.42 Å². The summed E-state index contributed by atoms with van der Waals surface area (Å²) < 4.78 is 5.74. The molecule has 1 amide bonds. The number of rotatable bonds is 8. The highest BCUT2D eigenvalue weighted by molar-refractivity contribution is 14.0. The molecule has 150 valence electrons. The topological polar surface area (TPSA) is 91.6 Å². The molecule has 1 unspecified atom stereocenters. The van der Waals surface area contributed by atoms with Gasteiger partial charge in [0.25, 0.3) is 0 Å². The van der Waals surface area contributed by atoms with Crippen molar-refractivity contribution in [3.8, 4) is 0 Å². The molecule has 0 spiro atoms. The smallest absolute Gasteiger partial charge is 0.221 e. The minimum absolute atomic E-state index is 0. The molecule has 0 aliphatic carbocycles. The van der Waals surface area contributed by atoms with Crippen molar-refractivity contribution < 1.29 is 9.21 Å². The lowest BCUT2D eigenvalue weighted by atomic mass is 9.94. The summed E-state index contributed by atoms with van der Waals surface area (Å²) in [5.41, 5.74) is -0.0687. The van der Waals surface area contributed by atoms with Crippen LogP contribution in [0.15, 0.2) is 15.6 Å². The molecule has 1 atom stereocenters. The van der Waals surface area contributed by atoms with Crippen molar-refractivity contribution in [3.63, 3.8) is 0 Å². The Labute approximate surface area is 174 Å². The number of guanidine groups is 1. The Morgan fingerprint density at radius 1 is 1.31 bits per heavy atom. The number of carbonyl (C=O) groups excluding carboxylic acids is 1. The van der Waals surface area contributed by atoms with E-state index in [0.717, 1.165) is 18.7 Å². The van der Waals surface area contributed by atoms with Gasteiger partial charge in [0.1, 0.15) is 12.3 Å². The molecule has 8 heteroatoms. The number of aliphatic imine (C=N–C) groups is 1. The van der Waals surface area contributed by atoms with Crippen LogP contribution < -0.4 is 16.0 Å². The Morgan fingerprint density at radius 2 is 2.00 bits per heavy atom. The molecule has 0 aromatic carbocycles. The van der Waals surface area contributed by atoms with E-state index in [1.165, 1.54) is 0 Å². The van der Waals surface area contributed by atoms with Crippen LogP contribution >= 0.6 is 24.0 Å². The second kappa shape index (κ2) is 12.1. The lowest BCUT2D eigenvalue weighted by Crippen LogP contribution is -2.40. The standard InChI is InChI=1S/C18H33N5O2.HI/c1-7-13(3)23-15(24)9-10-20-17(19-8-2)22-12-16-21-11-14(25-16)18(4,5)6;/h11,13H,7-10,12H2,1-6H3,(H,23,24)(H2,19,20,22);1H. The average Bonchev–Trinajstić information content (AvgIpc) is 3.01. The summed E-state index contributed by atoms with van der Waals surface area (Å²) in [6.45, 7) is 13.9. The lowest BCUT2D eigenvalue weighted by Gasteiger charge is -2.13. The molecule has 0 aliphatic rings. The van der Waals surface area contributed by atoms with Gasteiger partial charge in [0.15, 0.2) is 5.96 Å². The molecule has 1 heterocycles. The van der Waals surface area contributed by atoms with E-state index in [-0.39, 0.29) is 41.3 Å². The van der Waals surface area contributed by atoms with Crippen LogP contribution in [-0.4, -0.2) is 36.0 Å². The summed E-state index contributed by atoms with van der Waals surface area (Å²) >= 11 is 0. The van der Waals surface area contributed by atoms with Crippen LogP contribution in [0.1, 0.15) is 66.0 Å². The third kappa shape index (κ3) is 9.40. The molecular formula is C18H34IN5O2. The van der Waals surface area contributed by atoms with Gasteiger partial charge < -0.3 is 20.4 Å². The molecule has 26 heavy (non-hydrogen) atoms. The molecule has 0 aliphatic heterocycles. The molecule has 1 rings (SSSR count). The van der Waals surface area contributed by atoms with E-state index in [0.29, 0.717) is 31.4 Å². The number of aromatic nitrogens is 1. The molecule has 0 saturated heterocycles. The second-order valence-corrected chi connectivity index (χ2v) is 7.12. The first-order valence-electron chi connectivity index (χ1n) is 9.03. The van der Waals surface area contributed by atoms with Gasteiger partial charge in [-0.3, -0.25) is 4.79 Å². The van der Waals surface area contributed by atoms with E-state index in [2.05, 4.69) is 46.7 Å². The molecule has 3 N–H and O–H groups in total. The summed E-state index contributed by atoms with van der Waals surface area (Å²) in [7, 11) is 0. The molecular weight excluding hydrogens is 445 g/mol. The number of nitrogens with one attached hydrogen (secondary N) is 3. The zero-order valence-corrected chi connectivity index (χ0v) is 19.1. The lowest BCUT2D eigenvalue weighted by molar-refractivity contribution is -0.121. The van der Waals surface area contributed by atoms with Gasteiger partial charge >= 0.3 is 0 Å². The van der Waals surface area contributed by atoms with Gasteiger partial charge in [-0.15, -0.1) is 24.0 Å². The van der Waals surface area contributed by atoms with Gasteiger partial charge in [-0.2, -0.15) is 0 Å². The van der Waals surface area contributed by atoms with E-state index < -0.39 is 0 Å². The van der Waals surface area contributed by atoms with Crippen molar-refractivity contribution >= 4 is 35.8 Å². The van der Waals surface area contributed by atoms with Crippen LogP contribution in [0.25, 0.3) is 0 Å². The van der Waals surface area contributed by atoms with Gasteiger partial charge in [0.05, 0.1) is 6.20 Å². The summed E-state index contributed by atoms with van der Waals surface area (Å²) in [5.74, 6) is 2.11. The predicted molar refractivity (Wildman–Crippen MR) is 116 cm³/mol. The van der Waals surface area contributed by atoms with Crippen LogP contribution in [0.3, 0.4) is 0 Å². The van der Waals surface area contributed by atoms with Crippen LogP contribution in [0.2, 0.25) is 0 Å². The largest absolute Gasteiger partial charge is 0.443 e. The van der Waals surface area contributed by atoms with Gasteiger partial charge in [-0.25, -0.2) is 9.98 Å². The summed E-state index contributed by atoms with van der Waals surface area (Å²) in [6.07, 6.45) is 3.09. The SMILES string of the molecule is CCNC(=NCc1ncc(C(C)(C)C)o1)NCCC(=O)NC(C)CC.I. The van der Waals surface area contributed by atoms with Crippen LogP contribution in [0.5, 0.6) is 0 Å². The summed E-state index contributed by atoms with van der Waals surface area (Å²) in [6, 6.07) is 0.205. The number of oxazole rings is 1. The monoisotopic (exact) mass is 479 g/mol. The van der Waals surface area contributed by atoms with E-state index in [9.17, 15) is 4.79 Å². The van der Waals surface area contributed by atoms with E-state index >= 15 is 0 Å². The Kier molecular flexibility index (Phi) is 11.5. The zero-order valence-electron chi connectivity index (χ0n) is 16.8. The van der Waals surface area contributed by atoms with Crippen LogP contribution in [0.4, 0.5) is 0 Å². The molecule has 0 radical (unpaired) electrons. The fourth-order valence-corrected chi connectivity index (χ4v) is 1.96.